The number of dihydropyridines is 1. The summed E-state index contributed by atoms with van der Waals surface area (Å²) in [4.78, 5) is 26.9. The molecule has 1 aromatic carbocycles. The smallest absolute Gasteiger partial charge is 0.336 e. The summed E-state index contributed by atoms with van der Waals surface area (Å²) in [5, 5.41) is 3.37. The molecular formula is C27H37NO6. The summed E-state index contributed by atoms with van der Waals surface area (Å²) in [5.74, 6) is 0.318. The number of esters is 1. The maximum Gasteiger partial charge on any atom is 0.336 e. The molecule has 186 valence electrons. The molecule has 0 bridgehead atoms. The Hall–Kier alpha value is -2.96. The lowest BCUT2D eigenvalue weighted by molar-refractivity contribution is -0.139. The lowest BCUT2D eigenvalue weighted by Crippen LogP contribution is -2.38. The highest BCUT2D eigenvalue weighted by Gasteiger charge is 2.44. The lowest BCUT2D eigenvalue weighted by Gasteiger charge is -2.39. The zero-order chi connectivity index (χ0) is 25.0. The van der Waals surface area contributed by atoms with Gasteiger partial charge in [-0.2, -0.15) is 0 Å². The predicted octanol–water partition coefficient (Wildman–Crippen LogP) is 5.05. The van der Waals surface area contributed by atoms with Gasteiger partial charge in [0, 0.05) is 29.0 Å². The third kappa shape index (κ3) is 4.93. The number of unbranched alkanes of at least 4 members (excludes halogenated alkanes) is 2. The Labute approximate surface area is 202 Å². The first-order valence-corrected chi connectivity index (χ1v) is 11.9. The fourth-order valence-corrected chi connectivity index (χ4v) is 4.96. The second kappa shape index (κ2) is 10.5. The van der Waals surface area contributed by atoms with Crippen molar-refractivity contribution in [2.24, 2.45) is 5.41 Å². The Balaban J connectivity index is 2.18. The number of ether oxygens (including phenoxy) is 4. The maximum absolute atomic E-state index is 13.5. The molecule has 1 aliphatic heterocycles. The van der Waals surface area contributed by atoms with Crippen molar-refractivity contribution in [2.75, 3.05) is 27.9 Å². The largest absolute Gasteiger partial charge is 0.493 e. The van der Waals surface area contributed by atoms with Crippen LogP contribution in [0.25, 0.3) is 0 Å². The number of hydrogen-bond acceptors (Lipinski definition) is 7. The number of ketones is 1. The van der Waals surface area contributed by atoms with Crippen LogP contribution in [0.4, 0.5) is 0 Å². The molecule has 3 rings (SSSR count). The Bertz CT molecular complexity index is 1020. The summed E-state index contributed by atoms with van der Waals surface area (Å²) in [6, 6.07) is 3.61. The van der Waals surface area contributed by atoms with Crippen LogP contribution in [0.5, 0.6) is 17.2 Å². The number of methoxy groups -OCH3 is 3. The van der Waals surface area contributed by atoms with Gasteiger partial charge in [-0.05, 0) is 31.2 Å². The normalized spacial score (nSPS) is 19.4. The summed E-state index contributed by atoms with van der Waals surface area (Å²) >= 11 is 0. The number of rotatable bonds is 9. The van der Waals surface area contributed by atoms with Gasteiger partial charge in [0.15, 0.2) is 17.3 Å². The zero-order valence-corrected chi connectivity index (χ0v) is 21.4. The third-order valence-corrected chi connectivity index (χ3v) is 6.49. The Morgan fingerprint density at radius 1 is 1.06 bits per heavy atom. The van der Waals surface area contributed by atoms with Crippen molar-refractivity contribution in [3.63, 3.8) is 0 Å². The number of benzene rings is 1. The fourth-order valence-electron chi connectivity index (χ4n) is 4.96. The Kier molecular flexibility index (Phi) is 7.95. The number of carbonyl (C=O) groups is 2. The molecule has 0 radical (unpaired) electrons. The van der Waals surface area contributed by atoms with Crippen molar-refractivity contribution in [3.8, 4) is 17.2 Å². The van der Waals surface area contributed by atoms with Gasteiger partial charge in [0.1, 0.15) is 0 Å². The standard InChI is InChI=1S/C27H37NO6/c1-8-9-10-13-34-26(30)21-16(2)28-18-14-27(3,4)15-19(29)23(18)22(21)17-11-12-20(31-5)25(33-7)24(17)32-6/h11-12,22,28H,8-10,13-15H2,1-7H3. The van der Waals surface area contributed by atoms with Crippen LogP contribution in [0.2, 0.25) is 0 Å². The van der Waals surface area contributed by atoms with Crippen molar-refractivity contribution >= 4 is 11.8 Å². The van der Waals surface area contributed by atoms with Gasteiger partial charge in [0.05, 0.1) is 39.4 Å². The summed E-state index contributed by atoms with van der Waals surface area (Å²) in [7, 11) is 4.63. The van der Waals surface area contributed by atoms with Gasteiger partial charge in [-0.3, -0.25) is 4.79 Å². The van der Waals surface area contributed by atoms with Crippen LogP contribution in [0.1, 0.15) is 71.3 Å². The van der Waals surface area contributed by atoms with Crippen molar-refractivity contribution in [1.29, 1.82) is 0 Å². The topological polar surface area (TPSA) is 83.1 Å². The Morgan fingerprint density at radius 2 is 1.76 bits per heavy atom. The molecule has 0 aromatic heterocycles. The van der Waals surface area contributed by atoms with Gasteiger partial charge < -0.3 is 24.3 Å². The van der Waals surface area contributed by atoms with Crippen LogP contribution in [0.3, 0.4) is 0 Å². The zero-order valence-electron chi connectivity index (χ0n) is 21.4. The lowest BCUT2D eigenvalue weighted by atomic mass is 9.68. The molecule has 1 N–H and O–H groups in total. The average Bonchev–Trinajstić information content (AvgIpc) is 2.78. The molecule has 1 unspecified atom stereocenters. The maximum atomic E-state index is 13.5. The van der Waals surface area contributed by atoms with Crippen molar-refractivity contribution < 1.29 is 28.5 Å². The summed E-state index contributed by atoms with van der Waals surface area (Å²) < 4.78 is 22.5. The van der Waals surface area contributed by atoms with E-state index in [0.29, 0.717) is 59.1 Å². The van der Waals surface area contributed by atoms with Crippen molar-refractivity contribution in [2.45, 2.75) is 65.7 Å². The molecule has 0 fully saturated rings. The second-order valence-electron chi connectivity index (χ2n) is 9.70. The predicted molar refractivity (Wildman–Crippen MR) is 130 cm³/mol. The van der Waals surface area contributed by atoms with E-state index in [2.05, 4.69) is 26.1 Å². The van der Waals surface area contributed by atoms with Crippen molar-refractivity contribution in [3.05, 3.63) is 40.2 Å². The van der Waals surface area contributed by atoms with E-state index in [1.165, 1.54) is 7.11 Å². The number of nitrogens with one attached hydrogen (secondary N) is 1. The first-order valence-electron chi connectivity index (χ1n) is 11.9. The molecule has 7 heteroatoms. The molecule has 34 heavy (non-hydrogen) atoms. The van der Waals surface area contributed by atoms with E-state index in [-0.39, 0.29) is 11.2 Å². The van der Waals surface area contributed by atoms with Crippen LogP contribution in [0, 0.1) is 5.41 Å². The van der Waals surface area contributed by atoms with E-state index in [1.807, 2.05) is 13.0 Å². The second-order valence-corrected chi connectivity index (χ2v) is 9.70. The number of allylic oxidation sites excluding steroid dienone is 3. The van der Waals surface area contributed by atoms with E-state index in [1.54, 1.807) is 20.3 Å². The highest BCUT2D eigenvalue weighted by atomic mass is 16.5. The minimum absolute atomic E-state index is 0.0179. The molecule has 0 amide bonds. The molecule has 0 saturated carbocycles. The Morgan fingerprint density at radius 3 is 2.38 bits per heavy atom. The third-order valence-electron chi connectivity index (χ3n) is 6.49. The molecule has 1 aliphatic carbocycles. The average molecular weight is 472 g/mol. The van der Waals surface area contributed by atoms with E-state index >= 15 is 0 Å². The van der Waals surface area contributed by atoms with E-state index in [0.717, 1.165) is 25.0 Å². The van der Waals surface area contributed by atoms with Crippen molar-refractivity contribution in [1.82, 2.24) is 5.32 Å². The fraction of sp³-hybridized carbons (Fsp3) is 0.556. The quantitative estimate of drug-likeness (QED) is 0.399. The molecule has 0 spiro atoms. The molecule has 0 saturated heterocycles. The highest BCUT2D eigenvalue weighted by Crippen LogP contribution is 2.51. The van der Waals surface area contributed by atoms with Gasteiger partial charge in [0.2, 0.25) is 5.75 Å². The first kappa shape index (κ1) is 25.7. The molecule has 1 heterocycles. The van der Waals surface area contributed by atoms with Crippen LogP contribution >= 0.6 is 0 Å². The van der Waals surface area contributed by atoms with E-state index in [9.17, 15) is 9.59 Å². The SMILES string of the molecule is CCCCCOC(=O)C1=C(C)NC2=C(C(=O)CC(C)(C)C2)C1c1ccc(OC)c(OC)c1OC. The van der Waals surface area contributed by atoms with Gasteiger partial charge in [-0.1, -0.05) is 39.7 Å². The van der Waals surface area contributed by atoms with Crippen LogP contribution in [-0.4, -0.2) is 39.7 Å². The highest BCUT2D eigenvalue weighted by molar-refractivity contribution is 6.04. The number of Topliss-reactive ketones (excluding diaryl/α,β-unsaturated/α-hetero) is 1. The number of hydrogen-bond donors (Lipinski definition) is 1. The van der Waals surface area contributed by atoms with Crippen LogP contribution in [-0.2, 0) is 14.3 Å². The van der Waals surface area contributed by atoms with Gasteiger partial charge >= 0.3 is 5.97 Å². The van der Waals surface area contributed by atoms with E-state index < -0.39 is 11.9 Å². The molecule has 7 nitrogen and oxygen atoms in total. The molecule has 2 aliphatic rings. The van der Waals surface area contributed by atoms with Gasteiger partial charge in [-0.15, -0.1) is 0 Å². The van der Waals surface area contributed by atoms with Crippen LogP contribution < -0.4 is 19.5 Å². The summed E-state index contributed by atoms with van der Waals surface area (Å²) in [5.41, 5.74) is 3.05. The molecular weight excluding hydrogens is 434 g/mol. The van der Waals surface area contributed by atoms with E-state index in [4.69, 9.17) is 18.9 Å². The minimum Gasteiger partial charge on any atom is -0.493 e. The molecule has 1 atom stereocenters. The first-order chi connectivity index (χ1) is 16.2. The monoisotopic (exact) mass is 471 g/mol. The minimum atomic E-state index is -0.631. The van der Waals surface area contributed by atoms with Gasteiger partial charge in [0.25, 0.3) is 0 Å². The molecule has 1 aromatic rings. The summed E-state index contributed by atoms with van der Waals surface area (Å²) in [6.07, 6.45) is 3.92. The van der Waals surface area contributed by atoms with Crippen LogP contribution in [0.15, 0.2) is 34.7 Å². The van der Waals surface area contributed by atoms with Gasteiger partial charge in [-0.25, -0.2) is 4.79 Å². The summed E-state index contributed by atoms with van der Waals surface area (Å²) in [6.45, 7) is 8.46. The number of carbonyl (C=O) groups excluding carboxylic acids is 2.